The molecule has 1 aromatic heterocycles. The van der Waals surface area contributed by atoms with E-state index in [2.05, 4.69) is 16.7 Å². The summed E-state index contributed by atoms with van der Waals surface area (Å²) in [7, 11) is 1.85. The van der Waals surface area contributed by atoms with Crippen molar-refractivity contribution in [2.45, 2.75) is 42.0 Å². The number of carbonyl (C=O) groups is 1. The second-order valence-corrected chi connectivity index (χ2v) is 6.85. The van der Waals surface area contributed by atoms with Crippen LogP contribution >= 0.6 is 23.5 Å². The van der Waals surface area contributed by atoms with Gasteiger partial charge in [-0.3, -0.25) is 9.48 Å². The summed E-state index contributed by atoms with van der Waals surface area (Å²) in [6.07, 6.45) is 10.6. The van der Waals surface area contributed by atoms with Crippen LogP contribution in [0.1, 0.15) is 36.0 Å². The molecule has 1 amide bonds. The quantitative estimate of drug-likeness (QED) is 0.868. The first-order chi connectivity index (χ1) is 9.13. The van der Waals surface area contributed by atoms with Crippen LogP contribution < -0.4 is 5.32 Å². The van der Waals surface area contributed by atoms with Gasteiger partial charge in [-0.25, -0.2) is 0 Å². The van der Waals surface area contributed by atoms with E-state index in [0.29, 0.717) is 16.9 Å². The van der Waals surface area contributed by atoms with Crippen LogP contribution in [0.15, 0.2) is 11.2 Å². The number of nitrogens with one attached hydrogen (secondary N) is 1. The summed E-state index contributed by atoms with van der Waals surface area (Å²) in [5.74, 6) is 0.0178. The Kier molecular flexibility index (Phi) is 5.21. The Labute approximate surface area is 123 Å². The number of aryl methyl sites for hydroxylation is 1. The minimum absolute atomic E-state index is 0.0178. The van der Waals surface area contributed by atoms with Gasteiger partial charge in [0.2, 0.25) is 0 Å². The highest BCUT2D eigenvalue weighted by molar-refractivity contribution is 7.99. The molecule has 0 aromatic carbocycles. The number of amides is 1. The summed E-state index contributed by atoms with van der Waals surface area (Å²) >= 11 is 3.43. The Balaban J connectivity index is 2.00. The zero-order chi connectivity index (χ0) is 13.8. The Morgan fingerprint density at radius 2 is 2.26 bits per heavy atom. The minimum atomic E-state index is 0.0178. The SMILES string of the molecule is CSc1nn(C)cc1C(=O)N[C@H]1CCC[C@@H](SC)C1. The molecule has 1 aliphatic carbocycles. The molecule has 1 heterocycles. The fourth-order valence-electron chi connectivity index (χ4n) is 2.53. The van der Waals surface area contributed by atoms with E-state index in [4.69, 9.17) is 0 Å². The molecule has 1 N–H and O–H groups in total. The van der Waals surface area contributed by atoms with Gasteiger partial charge in [0.1, 0.15) is 5.03 Å². The van der Waals surface area contributed by atoms with Crippen LogP contribution in [-0.2, 0) is 7.05 Å². The number of thioether (sulfide) groups is 2. The molecule has 2 rings (SSSR count). The first-order valence-corrected chi connectivity index (χ1v) is 9.06. The molecule has 0 aliphatic heterocycles. The van der Waals surface area contributed by atoms with E-state index < -0.39 is 0 Å². The maximum Gasteiger partial charge on any atom is 0.255 e. The highest BCUT2D eigenvalue weighted by atomic mass is 32.2. The lowest BCUT2D eigenvalue weighted by molar-refractivity contribution is 0.0925. The van der Waals surface area contributed by atoms with E-state index in [-0.39, 0.29) is 5.91 Å². The van der Waals surface area contributed by atoms with Gasteiger partial charge in [-0.15, -0.1) is 11.8 Å². The number of rotatable bonds is 4. The minimum Gasteiger partial charge on any atom is -0.349 e. The van der Waals surface area contributed by atoms with Crippen LogP contribution in [0.5, 0.6) is 0 Å². The molecular formula is C13H21N3OS2. The summed E-state index contributed by atoms with van der Waals surface area (Å²) < 4.78 is 1.70. The lowest BCUT2D eigenvalue weighted by atomic mass is 9.95. The molecule has 0 unspecified atom stereocenters. The molecular weight excluding hydrogens is 278 g/mol. The van der Waals surface area contributed by atoms with Gasteiger partial charge in [0.05, 0.1) is 5.56 Å². The van der Waals surface area contributed by atoms with E-state index in [0.717, 1.165) is 17.9 Å². The number of aromatic nitrogens is 2. The molecule has 0 bridgehead atoms. The highest BCUT2D eigenvalue weighted by Gasteiger charge is 2.24. The molecule has 1 aliphatic rings. The van der Waals surface area contributed by atoms with Crippen molar-refractivity contribution in [3.8, 4) is 0 Å². The van der Waals surface area contributed by atoms with Crippen molar-refractivity contribution >= 4 is 29.4 Å². The zero-order valence-electron chi connectivity index (χ0n) is 11.7. The molecule has 6 heteroatoms. The molecule has 0 saturated heterocycles. The second kappa shape index (κ2) is 6.70. The Bertz CT molecular complexity index is 447. The van der Waals surface area contributed by atoms with Gasteiger partial charge in [-0.1, -0.05) is 6.42 Å². The summed E-state index contributed by atoms with van der Waals surface area (Å²) in [6.45, 7) is 0. The van der Waals surface area contributed by atoms with Crippen molar-refractivity contribution < 1.29 is 4.79 Å². The fraction of sp³-hybridized carbons (Fsp3) is 0.692. The van der Waals surface area contributed by atoms with Crippen LogP contribution in [-0.4, -0.2) is 39.5 Å². The highest BCUT2D eigenvalue weighted by Crippen LogP contribution is 2.27. The topological polar surface area (TPSA) is 46.9 Å². The average molecular weight is 299 g/mol. The number of hydrogen-bond acceptors (Lipinski definition) is 4. The summed E-state index contributed by atoms with van der Waals surface area (Å²) in [6, 6.07) is 0.314. The molecule has 19 heavy (non-hydrogen) atoms. The predicted octanol–water partition coefficient (Wildman–Crippen LogP) is 2.55. The molecule has 1 fully saturated rings. The summed E-state index contributed by atoms with van der Waals surface area (Å²) in [5, 5.41) is 8.95. The van der Waals surface area contributed by atoms with Gasteiger partial charge in [0.25, 0.3) is 5.91 Å². The van der Waals surface area contributed by atoms with E-state index in [9.17, 15) is 4.79 Å². The predicted molar refractivity (Wildman–Crippen MR) is 82.0 cm³/mol. The van der Waals surface area contributed by atoms with E-state index in [1.807, 2.05) is 25.1 Å². The van der Waals surface area contributed by atoms with Gasteiger partial charge in [-0.2, -0.15) is 16.9 Å². The van der Waals surface area contributed by atoms with Gasteiger partial charge in [-0.05, 0) is 31.8 Å². The van der Waals surface area contributed by atoms with Gasteiger partial charge < -0.3 is 5.32 Å². The van der Waals surface area contributed by atoms with Crippen LogP contribution in [0.3, 0.4) is 0 Å². The van der Waals surface area contributed by atoms with E-state index in [1.165, 1.54) is 24.6 Å². The number of nitrogens with zero attached hydrogens (tertiary/aromatic N) is 2. The first kappa shape index (κ1) is 14.8. The summed E-state index contributed by atoms with van der Waals surface area (Å²) in [5.41, 5.74) is 0.696. The maximum atomic E-state index is 12.3. The van der Waals surface area contributed by atoms with Gasteiger partial charge in [0.15, 0.2) is 0 Å². The van der Waals surface area contributed by atoms with Crippen LogP contribution in [0, 0.1) is 0 Å². The molecule has 2 atom stereocenters. The zero-order valence-corrected chi connectivity index (χ0v) is 13.3. The fourth-order valence-corrected chi connectivity index (χ4v) is 3.93. The Morgan fingerprint density at radius 3 is 2.95 bits per heavy atom. The first-order valence-electron chi connectivity index (χ1n) is 6.55. The van der Waals surface area contributed by atoms with Crippen LogP contribution in [0.2, 0.25) is 0 Å². The van der Waals surface area contributed by atoms with Crippen molar-refractivity contribution in [2.75, 3.05) is 12.5 Å². The number of hydrogen-bond donors (Lipinski definition) is 1. The van der Waals surface area contributed by atoms with Gasteiger partial charge >= 0.3 is 0 Å². The molecule has 4 nitrogen and oxygen atoms in total. The molecule has 0 spiro atoms. The Morgan fingerprint density at radius 1 is 1.47 bits per heavy atom. The third-order valence-corrected chi connectivity index (χ3v) is 5.31. The standard InChI is InChI=1S/C13H21N3OS2/c1-16-8-11(13(15-16)19-3)12(17)14-9-5-4-6-10(7-9)18-2/h8-10H,4-7H2,1-3H3,(H,14,17)/t9-,10+/m0/s1. The van der Waals surface area contributed by atoms with Crippen molar-refractivity contribution in [2.24, 2.45) is 7.05 Å². The number of carbonyl (C=O) groups excluding carboxylic acids is 1. The smallest absolute Gasteiger partial charge is 0.255 e. The normalized spacial score (nSPS) is 23.3. The average Bonchev–Trinajstić information content (AvgIpc) is 2.80. The van der Waals surface area contributed by atoms with Crippen LogP contribution in [0.25, 0.3) is 0 Å². The third kappa shape index (κ3) is 3.69. The molecule has 1 aromatic rings. The summed E-state index contributed by atoms with van der Waals surface area (Å²) in [4.78, 5) is 12.3. The lowest BCUT2D eigenvalue weighted by Gasteiger charge is -2.28. The van der Waals surface area contributed by atoms with Crippen molar-refractivity contribution in [3.05, 3.63) is 11.8 Å². The largest absolute Gasteiger partial charge is 0.349 e. The van der Waals surface area contributed by atoms with Crippen molar-refractivity contribution in [1.29, 1.82) is 0 Å². The van der Waals surface area contributed by atoms with E-state index >= 15 is 0 Å². The lowest BCUT2D eigenvalue weighted by Crippen LogP contribution is -2.39. The molecule has 106 valence electrons. The van der Waals surface area contributed by atoms with E-state index in [1.54, 1.807) is 10.9 Å². The molecule has 1 saturated carbocycles. The maximum absolute atomic E-state index is 12.3. The second-order valence-electron chi connectivity index (χ2n) is 4.92. The van der Waals surface area contributed by atoms with Gasteiger partial charge in [0, 0.05) is 24.5 Å². The Hall–Kier alpha value is -0.620. The van der Waals surface area contributed by atoms with Crippen molar-refractivity contribution in [3.63, 3.8) is 0 Å². The van der Waals surface area contributed by atoms with Crippen molar-refractivity contribution in [1.82, 2.24) is 15.1 Å². The monoisotopic (exact) mass is 299 g/mol. The third-order valence-electron chi connectivity index (χ3n) is 3.53. The molecule has 0 radical (unpaired) electrons. The van der Waals surface area contributed by atoms with Crippen LogP contribution in [0.4, 0.5) is 0 Å².